The number of aromatic nitrogens is 2. The maximum Gasteiger partial charge on any atom is 0.255 e. The number of alkyl halides is 2. The van der Waals surface area contributed by atoms with Crippen LogP contribution in [0.25, 0.3) is 0 Å². The third-order valence-electron chi connectivity index (χ3n) is 3.53. The van der Waals surface area contributed by atoms with Crippen LogP contribution >= 0.6 is 0 Å². The highest BCUT2D eigenvalue weighted by atomic mass is 19.3. The lowest BCUT2D eigenvalue weighted by Crippen LogP contribution is -2.55. The Hall–Kier alpha value is -1.50. The molecule has 2 rings (SSSR count). The van der Waals surface area contributed by atoms with Crippen molar-refractivity contribution in [3.63, 3.8) is 0 Å². The van der Waals surface area contributed by atoms with Gasteiger partial charge in [0.25, 0.3) is 12.3 Å². The van der Waals surface area contributed by atoms with E-state index in [1.54, 1.807) is 23.1 Å². The summed E-state index contributed by atoms with van der Waals surface area (Å²) in [5.41, 5.74) is -0.835. The number of carbonyl (C=O) groups is 1. The summed E-state index contributed by atoms with van der Waals surface area (Å²) in [7, 11) is 1.42. The molecule has 0 bridgehead atoms. The monoisotopic (exact) mass is 272 g/mol. The SMILES string of the molecule is CN(CC(F)F)C(=O)C1(n2cccn2)CCNCC1. The van der Waals surface area contributed by atoms with Gasteiger partial charge in [-0.3, -0.25) is 9.48 Å². The van der Waals surface area contributed by atoms with Crippen LogP contribution in [0, 0.1) is 0 Å². The Labute approximate surface area is 110 Å². The molecule has 1 N–H and O–H groups in total. The summed E-state index contributed by atoms with van der Waals surface area (Å²) in [6, 6.07) is 1.74. The van der Waals surface area contributed by atoms with E-state index in [4.69, 9.17) is 0 Å². The molecule has 0 unspecified atom stereocenters. The highest BCUT2D eigenvalue weighted by molar-refractivity contribution is 5.84. The van der Waals surface area contributed by atoms with Crippen LogP contribution in [-0.2, 0) is 10.3 Å². The number of amides is 1. The van der Waals surface area contributed by atoms with Crippen molar-refractivity contribution in [2.24, 2.45) is 0 Å². The lowest BCUT2D eigenvalue weighted by Gasteiger charge is -2.39. The molecule has 19 heavy (non-hydrogen) atoms. The van der Waals surface area contributed by atoms with Crippen LogP contribution in [0.4, 0.5) is 8.78 Å². The van der Waals surface area contributed by atoms with Gasteiger partial charge in [-0.2, -0.15) is 5.10 Å². The Morgan fingerprint density at radius 2 is 2.21 bits per heavy atom. The number of piperidine rings is 1. The van der Waals surface area contributed by atoms with Gasteiger partial charge in [-0.1, -0.05) is 0 Å². The Kier molecular flexibility index (Phi) is 4.14. The van der Waals surface area contributed by atoms with Gasteiger partial charge < -0.3 is 10.2 Å². The standard InChI is InChI=1S/C12H18F2N4O/c1-17(9-10(13)14)11(19)12(3-6-15-7-4-12)18-8-2-5-16-18/h2,5,8,10,15H,3-4,6-7,9H2,1H3. The second-order valence-corrected chi connectivity index (χ2v) is 4.81. The number of halogens is 2. The van der Waals surface area contributed by atoms with E-state index in [2.05, 4.69) is 10.4 Å². The van der Waals surface area contributed by atoms with Crippen LogP contribution in [0.5, 0.6) is 0 Å². The molecule has 0 aliphatic carbocycles. The van der Waals surface area contributed by atoms with Gasteiger partial charge in [0.15, 0.2) is 0 Å². The van der Waals surface area contributed by atoms with Crippen molar-refractivity contribution in [2.45, 2.75) is 24.8 Å². The van der Waals surface area contributed by atoms with E-state index in [9.17, 15) is 13.6 Å². The van der Waals surface area contributed by atoms with Crippen molar-refractivity contribution in [1.29, 1.82) is 0 Å². The van der Waals surface area contributed by atoms with Gasteiger partial charge in [0, 0.05) is 19.4 Å². The summed E-state index contributed by atoms with van der Waals surface area (Å²) >= 11 is 0. The normalized spacial score (nSPS) is 18.5. The summed E-state index contributed by atoms with van der Waals surface area (Å²) in [4.78, 5) is 13.7. The van der Waals surface area contributed by atoms with Crippen LogP contribution < -0.4 is 5.32 Å². The predicted molar refractivity (Wildman–Crippen MR) is 65.9 cm³/mol. The molecule has 0 atom stereocenters. The largest absolute Gasteiger partial charge is 0.338 e. The third-order valence-corrected chi connectivity index (χ3v) is 3.53. The Bertz CT molecular complexity index is 415. The van der Waals surface area contributed by atoms with Gasteiger partial charge in [0.05, 0.1) is 6.54 Å². The van der Waals surface area contributed by atoms with Crippen molar-refractivity contribution in [2.75, 3.05) is 26.7 Å². The number of nitrogens with one attached hydrogen (secondary N) is 1. The highest BCUT2D eigenvalue weighted by Gasteiger charge is 2.43. The molecule has 1 aliphatic rings. The summed E-state index contributed by atoms with van der Waals surface area (Å²) in [6.07, 6.45) is 1.91. The topological polar surface area (TPSA) is 50.2 Å². The Morgan fingerprint density at radius 1 is 1.53 bits per heavy atom. The second-order valence-electron chi connectivity index (χ2n) is 4.81. The molecule has 1 saturated heterocycles. The number of hydrogen-bond acceptors (Lipinski definition) is 3. The minimum atomic E-state index is -2.52. The summed E-state index contributed by atoms with van der Waals surface area (Å²) < 4.78 is 26.5. The summed E-state index contributed by atoms with van der Waals surface area (Å²) in [5.74, 6) is -0.294. The van der Waals surface area contributed by atoms with Crippen LogP contribution in [0.1, 0.15) is 12.8 Å². The lowest BCUT2D eigenvalue weighted by molar-refractivity contribution is -0.143. The van der Waals surface area contributed by atoms with Crippen molar-refractivity contribution >= 4 is 5.91 Å². The molecule has 1 aliphatic heterocycles. The average Bonchev–Trinajstić information content (AvgIpc) is 2.92. The molecule has 5 nitrogen and oxygen atoms in total. The van der Waals surface area contributed by atoms with E-state index in [0.717, 1.165) is 4.90 Å². The van der Waals surface area contributed by atoms with E-state index < -0.39 is 18.5 Å². The smallest absolute Gasteiger partial charge is 0.255 e. The minimum absolute atomic E-state index is 0.294. The van der Waals surface area contributed by atoms with Gasteiger partial charge in [-0.25, -0.2) is 8.78 Å². The fourth-order valence-corrected chi connectivity index (χ4v) is 2.55. The lowest BCUT2D eigenvalue weighted by atomic mass is 9.87. The summed E-state index contributed by atoms with van der Waals surface area (Å²) in [6.45, 7) is 0.803. The van der Waals surface area contributed by atoms with E-state index in [-0.39, 0.29) is 5.91 Å². The van der Waals surface area contributed by atoms with E-state index in [0.29, 0.717) is 25.9 Å². The van der Waals surface area contributed by atoms with Crippen molar-refractivity contribution in [3.8, 4) is 0 Å². The van der Waals surface area contributed by atoms with Crippen molar-refractivity contribution in [1.82, 2.24) is 20.0 Å². The molecule has 2 heterocycles. The maximum atomic E-state index is 12.6. The number of nitrogens with zero attached hydrogens (tertiary/aromatic N) is 3. The molecule has 0 saturated carbocycles. The molecule has 1 aromatic rings. The van der Waals surface area contributed by atoms with Crippen LogP contribution in [0.15, 0.2) is 18.5 Å². The Balaban J connectivity index is 2.25. The number of rotatable bonds is 4. The Morgan fingerprint density at radius 3 is 2.74 bits per heavy atom. The molecule has 7 heteroatoms. The molecule has 1 fully saturated rings. The maximum absolute atomic E-state index is 12.6. The zero-order chi connectivity index (χ0) is 13.9. The molecule has 0 spiro atoms. The van der Waals surface area contributed by atoms with Gasteiger partial charge in [0.1, 0.15) is 5.54 Å². The number of hydrogen-bond donors (Lipinski definition) is 1. The van der Waals surface area contributed by atoms with Crippen LogP contribution in [0.3, 0.4) is 0 Å². The minimum Gasteiger partial charge on any atom is -0.338 e. The predicted octanol–water partition coefficient (Wildman–Crippen LogP) is 0.685. The van der Waals surface area contributed by atoms with Gasteiger partial charge in [-0.15, -0.1) is 0 Å². The van der Waals surface area contributed by atoms with E-state index in [1.807, 2.05) is 0 Å². The number of carbonyl (C=O) groups excluding carboxylic acids is 1. The summed E-state index contributed by atoms with van der Waals surface area (Å²) in [5, 5.41) is 7.32. The second kappa shape index (κ2) is 5.64. The van der Waals surface area contributed by atoms with Gasteiger partial charge in [0.2, 0.25) is 0 Å². The molecule has 1 aromatic heterocycles. The van der Waals surface area contributed by atoms with E-state index in [1.165, 1.54) is 7.05 Å². The molecule has 1 amide bonds. The molecule has 0 aromatic carbocycles. The molecular formula is C12H18F2N4O. The molecular weight excluding hydrogens is 254 g/mol. The third kappa shape index (κ3) is 2.75. The average molecular weight is 272 g/mol. The first-order valence-corrected chi connectivity index (χ1v) is 6.31. The van der Waals surface area contributed by atoms with Crippen LogP contribution in [0.2, 0.25) is 0 Å². The fraction of sp³-hybridized carbons (Fsp3) is 0.667. The first-order valence-electron chi connectivity index (χ1n) is 6.31. The number of likely N-dealkylation sites (N-methyl/N-ethyl adjacent to an activating group) is 1. The van der Waals surface area contributed by atoms with Gasteiger partial charge in [-0.05, 0) is 32.0 Å². The first-order chi connectivity index (χ1) is 9.06. The fourth-order valence-electron chi connectivity index (χ4n) is 2.55. The highest BCUT2D eigenvalue weighted by Crippen LogP contribution is 2.29. The quantitative estimate of drug-likeness (QED) is 0.877. The zero-order valence-corrected chi connectivity index (χ0v) is 10.9. The van der Waals surface area contributed by atoms with Crippen molar-refractivity contribution < 1.29 is 13.6 Å². The molecule has 106 valence electrons. The molecule has 0 radical (unpaired) electrons. The van der Waals surface area contributed by atoms with Crippen LogP contribution in [-0.4, -0.2) is 53.7 Å². The van der Waals surface area contributed by atoms with E-state index >= 15 is 0 Å². The zero-order valence-electron chi connectivity index (χ0n) is 10.9. The van der Waals surface area contributed by atoms with Crippen molar-refractivity contribution in [3.05, 3.63) is 18.5 Å². The van der Waals surface area contributed by atoms with Gasteiger partial charge >= 0.3 is 0 Å². The first kappa shape index (κ1) is 13.9.